The molecule has 1 aliphatic rings. The van der Waals surface area contributed by atoms with Gasteiger partial charge in [0.25, 0.3) is 5.56 Å². The summed E-state index contributed by atoms with van der Waals surface area (Å²) in [6.45, 7) is 0. The van der Waals surface area contributed by atoms with E-state index in [1.165, 1.54) is 12.8 Å². The van der Waals surface area contributed by atoms with Crippen molar-refractivity contribution in [3.63, 3.8) is 0 Å². The molecule has 0 spiro atoms. The summed E-state index contributed by atoms with van der Waals surface area (Å²) >= 11 is 0. The molecular weight excluding hydrogens is 282 g/mol. The van der Waals surface area contributed by atoms with Crippen molar-refractivity contribution in [3.8, 4) is 17.1 Å². The molecule has 3 aromatic rings. The summed E-state index contributed by atoms with van der Waals surface area (Å²) in [6, 6.07) is 6.54. The van der Waals surface area contributed by atoms with Gasteiger partial charge < -0.3 is 14.6 Å². The number of aromatic hydroxyl groups is 1. The van der Waals surface area contributed by atoms with Crippen LogP contribution >= 0.6 is 0 Å². The van der Waals surface area contributed by atoms with Crippen LogP contribution < -0.4 is 5.56 Å². The van der Waals surface area contributed by atoms with Gasteiger partial charge in [-0.15, -0.1) is 0 Å². The number of hydrogen-bond acceptors (Lipinski definition) is 5. The highest BCUT2D eigenvalue weighted by molar-refractivity contribution is 5.76. The molecule has 22 heavy (non-hydrogen) atoms. The second-order valence-electron chi connectivity index (χ2n) is 5.69. The van der Waals surface area contributed by atoms with E-state index in [1.54, 1.807) is 24.3 Å². The van der Waals surface area contributed by atoms with Crippen molar-refractivity contribution in [2.24, 2.45) is 0 Å². The number of aromatic amines is 1. The Kier molecular flexibility index (Phi) is 2.96. The number of phenolic OH excluding ortho intramolecular Hbond substituents is 1. The highest BCUT2D eigenvalue weighted by Crippen LogP contribution is 2.36. The van der Waals surface area contributed by atoms with E-state index in [1.807, 2.05) is 0 Å². The molecule has 0 saturated heterocycles. The Morgan fingerprint density at radius 3 is 2.64 bits per heavy atom. The van der Waals surface area contributed by atoms with Crippen molar-refractivity contribution in [2.45, 2.75) is 31.6 Å². The number of rotatable bonds is 2. The maximum atomic E-state index is 12.2. The molecule has 0 radical (unpaired) electrons. The number of benzene rings is 1. The molecule has 112 valence electrons. The SMILES string of the molecule is O=c1[nH]c(-c2ccc(O)cc2)nc2c(C3CCCC3)noc12. The van der Waals surface area contributed by atoms with Crippen molar-refractivity contribution in [1.82, 2.24) is 15.1 Å². The third-order valence-corrected chi connectivity index (χ3v) is 4.24. The number of nitrogens with zero attached hydrogens (tertiary/aromatic N) is 2. The van der Waals surface area contributed by atoms with Crippen molar-refractivity contribution < 1.29 is 9.63 Å². The van der Waals surface area contributed by atoms with Gasteiger partial charge in [0.05, 0.1) is 0 Å². The van der Waals surface area contributed by atoms with Crippen LogP contribution in [-0.4, -0.2) is 20.2 Å². The first-order valence-electron chi connectivity index (χ1n) is 7.41. The second-order valence-corrected chi connectivity index (χ2v) is 5.69. The molecule has 2 N–H and O–H groups in total. The van der Waals surface area contributed by atoms with Crippen LogP contribution in [0.5, 0.6) is 5.75 Å². The summed E-state index contributed by atoms with van der Waals surface area (Å²) in [7, 11) is 0. The van der Waals surface area contributed by atoms with Crippen LogP contribution in [0.2, 0.25) is 0 Å². The first-order valence-corrected chi connectivity index (χ1v) is 7.41. The normalized spacial score (nSPS) is 15.6. The monoisotopic (exact) mass is 297 g/mol. The molecule has 0 atom stereocenters. The molecule has 1 saturated carbocycles. The van der Waals surface area contributed by atoms with Gasteiger partial charge >= 0.3 is 0 Å². The van der Waals surface area contributed by atoms with Gasteiger partial charge in [-0.1, -0.05) is 18.0 Å². The molecule has 0 amide bonds. The highest BCUT2D eigenvalue weighted by Gasteiger charge is 2.25. The zero-order chi connectivity index (χ0) is 15.1. The van der Waals surface area contributed by atoms with E-state index < -0.39 is 0 Å². The Balaban J connectivity index is 1.88. The molecule has 4 rings (SSSR count). The zero-order valence-electron chi connectivity index (χ0n) is 11.9. The van der Waals surface area contributed by atoms with E-state index in [4.69, 9.17) is 4.52 Å². The van der Waals surface area contributed by atoms with Gasteiger partial charge in [0.1, 0.15) is 22.8 Å². The predicted molar refractivity (Wildman–Crippen MR) is 80.7 cm³/mol. The third-order valence-electron chi connectivity index (χ3n) is 4.24. The van der Waals surface area contributed by atoms with Crippen molar-refractivity contribution in [1.29, 1.82) is 0 Å². The number of H-pyrrole nitrogens is 1. The van der Waals surface area contributed by atoms with Crippen LogP contribution in [-0.2, 0) is 0 Å². The maximum Gasteiger partial charge on any atom is 0.297 e. The molecular formula is C16H15N3O3. The Labute approximate surface area is 125 Å². The van der Waals surface area contributed by atoms with Gasteiger partial charge in [-0.05, 0) is 37.1 Å². The maximum absolute atomic E-state index is 12.2. The molecule has 1 fully saturated rings. The fraction of sp³-hybridized carbons (Fsp3) is 0.312. The Morgan fingerprint density at radius 1 is 1.18 bits per heavy atom. The van der Waals surface area contributed by atoms with E-state index in [0.717, 1.165) is 24.1 Å². The fourth-order valence-corrected chi connectivity index (χ4v) is 3.08. The summed E-state index contributed by atoms with van der Waals surface area (Å²) in [5, 5.41) is 13.5. The first-order chi connectivity index (χ1) is 10.7. The Morgan fingerprint density at radius 2 is 1.91 bits per heavy atom. The molecule has 2 aromatic heterocycles. The van der Waals surface area contributed by atoms with Crippen molar-refractivity contribution >= 4 is 11.1 Å². The van der Waals surface area contributed by atoms with Crippen molar-refractivity contribution in [2.75, 3.05) is 0 Å². The van der Waals surface area contributed by atoms with E-state index in [0.29, 0.717) is 17.3 Å². The van der Waals surface area contributed by atoms with Gasteiger partial charge in [0.2, 0.25) is 5.58 Å². The molecule has 1 aliphatic carbocycles. The van der Waals surface area contributed by atoms with Gasteiger partial charge in [0, 0.05) is 11.5 Å². The lowest BCUT2D eigenvalue weighted by Crippen LogP contribution is -2.09. The van der Waals surface area contributed by atoms with E-state index >= 15 is 0 Å². The van der Waals surface area contributed by atoms with E-state index in [9.17, 15) is 9.90 Å². The van der Waals surface area contributed by atoms with Crippen LogP contribution in [0.3, 0.4) is 0 Å². The first kappa shape index (κ1) is 13.1. The summed E-state index contributed by atoms with van der Waals surface area (Å²) in [4.78, 5) is 19.4. The second kappa shape index (κ2) is 4.98. The third kappa shape index (κ3) is 2.07. The average molecular weight is 297 g/mol. The van der Waals surface area contributed by atoms with Gasteiger partial charge in [-0.25, -0.2) is 4.98 Å². The lowest BCUT2D eigenvalue weighted by molar-refractivity contribution is 0.434. The molecule has 6 heteroatoms. The smallest absolute Gasteiger partial charge is 0.297 e. The van der Waals surface area contributed by atoms with E-state index in [2.05, 4.69) is 15.1 Å². The predicted octanol–water partition coefficient (Wildman–Crippen LogP) is 2.94. The minimum absolute atomic E-state index is 0.170. The van der Waals surface area contributed by atoms with Gasteiger partial charge in [-0.3, -0.25) is 4.79 Å². The Hall–Kier alpha value is -2.63. The average Bonchev–Trinajstić information content (AvgIpc) is 3.16. The molecule has 1 aromatic carbocycles. The molecule has 6 nitrogen and oxygen atoms in total. The fourth-order valence-electron chi connectivity index (χ4n) is 3.08. The van der Waals surface area contributed by atoms with Crippen LogP contribution in [0, 0.1) is 0 Å². The lowest BCUT2D eigenvalue weighted by atomic mass is 10.0. The van der Waals surface area contributed by atoms with Crippen LogP contribution in [0.1, 0.15) is 37.3 Å². The number of nitrogens with one attached hydrogen (secondary N) is 1. The lowest BCUT2D eigenvalue weighted by Gasteiger charge is -2.05. The Bertz CT molecular complexity index is 874. The number of phenols is 1. The van der Waals surface area contributed by atoms with Crippen LogP contribution in [0.15, 0.2) is 33.6 Å². The minimum atomic E-state index is -0.329. The zero-order valence-corrected chi connectivity index (χ0v) is 11.9. The van der Waals surface area contributed by atoms with Crippen LogP contribution in [0.25, 0.3) is 22.5 Å². The highest BCUT2D eigenvalue weighted by atomic mass is 16.5. The summed E-state index contributed by atoms with van der Waals surface area (Å²) in [5.41, 5.74) is 1.93. The molecule has 0 unspecified atom stereocenters. The minimum Gasteiger partial charge on any atom is -0.508 e. The van der Waals surface area contributed by atoms with E-state index in [-0.39, 0.29) is 16.9 Å². The number of hydrogen-bond donors (Lipinski definition) is 2. The standard InChI is InChI=1S/C16H15N3O3/c20-11-7-5-10(6-8-11)15-17-13-12(9-3-1-2-4-9)19-22-14(13)16(21)18-15/h5-9,20H,1-4H2,(H,17,18,21). The number of fused-ring (bicyclic) bond motifs is 1. The topological polar surface area (TPSA) is 92.0 Å². The van der Waals surface area contributed by atoms with Crippen molar-refractivity contribution in [3.05, 3.63) is 40.3 Å². The molecule has 2 heterocycles. The van der Waals surface area contributed by atoms with Crippen LogP contribution in [0.4, 0.5) is 0 Å². The number of aromatic nitrogens is 3. The largest absolute Gasteiger partial charge is 0.508 e. The quantitative estimate of drug-likeness (QED) is 0.758. The summed E-state index contributed by atoms with van der Waals surface area (Å²) < 4.78 is 5.21. The van der Waals surface area contributed by atoms with Gasteiger partial charge in [-0.2, -0.15) is 0 Å². The summed E-state index contributed by atoms with van der Waals surface area (Å²) in [5.74, 6) is 0.951. The van der Waals surface area contributed by atoms with Gasteiger partial charge in [0.15, 0.2) is 0 Å². The molecule has 0 aliphatic heterocycles. The molecule has 0 bridgehead atoms. The summed E-state index contributed by atoms with van der Waals surface area (Å²) in [6.07, 6.45) is 4.47.